The molecule has 0 bridgehead atoms. The van der Waals surface area contributed by atoms with Crippen molar-refractivity contribution in [2.24, 2.45) is 0 Å². The average Bonchev–Trinajstić information content (AvgIpc) is 2.51. The van der Waals surface area contributed by atoms with E-state index in [0.29, 0.717) is 24.7 Å². The molecule has 1 heterocycles. The van der Waals surface area contributed by atoms with Crippen molar-refractivity contribution in [3.8, 4) is 0 Å². The Kier molecular flexibility index (Phi) is 5.25. The van der Waals surface area contributed by atoms with Crippen LogP contribution in [-0.4, -0.2) is 22.4 Å². The fraction of sp³-hybridized carbons (Fsp3) is 0.235. The minimum Gasteiger partial charge on any atom is -0.350 e. The molecule has 5 nitrogen and oxygen atoms in total. The van der Waals surface area contributed by atoms with E-state index in [1.54, 1.807) is 12.1 Å². The molecule has 1 amide bonds. The second kappa shape index (κ2) is 7.36. The largest absolute Gasteiger partial charge is 0.350 e. The van der Waals surface area contributed by atoms with Gasteiger partial charge in [-0.1, -0.05) is 35.9 Å². The maximum Gasteiger partial charge on any atom is 0.270 e. The van der Waals surface area contributed by atoms with E-state index in [2.05, 4.69) is 58.4 Å². The SMILES string of the molecule is C=CCNC(=O)c1cc(C)nc(NCc2ccc(C)cc2)n1. The van der Waals surface area contributed by atoms with Crippen LogP contribution in [0.25, 0.3) is 0 Å². The number of hydrogen-bond acceptors (Lipinski definition) is 4. The Hall–Kier alpha value is -2.69. The van der Waals surface area contributed by atoms with E-state index in [-0.39, 0.29) is 5.91 Å². The lowest BCUT2D eigenvalue weighted by molar-refractivity contribution is 0.0953. The van der Waals surface area contributed by atoms with Crippen LogP contribution in [0.2, 0.25) is 0 Å². The molecule has 0 saturated heterocycles. The molecule has 2 rings (SSSR count). The summed E-state index contributed by atoms with van der Waals surface area (Å²) in [4.78, 5) is 20.5. The third-order valence-electron chi connectivity index (χ3n) is 3.07. The van der Waals surface area contributed by atoms with Crippen molar-refractivity contribution in [3.05, 3.63) is 65.5 Å². The Morgan fingerprint density at radius 3 is 2.64 bits per heavy atom. The predicted molar refractivity (Wildman–Crippen MR) is 87.8 cm³/mol. The first-order valence-corrected chi connectivity index (χ1v) is 7.12. The normalized spacial score (nSPS) is 10.1. The first-order valence-electron chi connectivity index (χ1n) is 7.12. The summed E-state index contributed by atoms with van der Waals surface area (Å²) in [5.74, 6) is 0.216. The summed E-state index contributed by atoms with van der Waals surface area (Å²) >= 11 is 0. The van der Waals surface area contributed by atoms with Crippen molar-refractivity contribution in [3.63, 3.8) is 0 Å². The summed E-state index contributed by atoms with van der Waals surface area (Å²) in [6, 6.07) is 9.88. The van der Waals surface area contributed by atoms with Crippen LogP contribution in [0.5, 0.6) is 0 Å². The second-order valence-corrected chi connectivity index (χ2v) is 5.06. The number of anilines is 1. The number of rotatable bonds is 6. The van der Waals surface area contributed by atoms with Gasteiger partial charge in [-0.25, -0.2) is 9.97 Å². The van der Waals surface area contributed by atoms with Crippen LogP contribution in [0.4, 0.5) is 5.95 Å². The highest BCUT2D eigenvalue weighted by Gasteiger charge is 2.09. The van der Waals surface area contributed by atoms with Gasteiger partial charge in [-0.3, -0.25) is 4.79 Å². The Morgan fingerprint density at radius 2 is 1.95 bits per heavy atom. The van der Waals surface area contributed by atoms with Gasteiger partial charge in [-0.15, -0.1) is 6.58 Å². The van der Waals surface area contributed by atoms with Crippen LogP contribution in [0, 0.1) is 13.8 Å². The van der Waals surface area contributed by atoms with Crippen LogP contribution in [-0.2, 0) is 6.54 Å². The summed E-state index contributed by atoms with van der Waals surface area (Å²) in [6.45, 7) is 8.48. The van der Waals surface area contributed by atoms with Gasteiger partial charge in [0.15, 0.2) is 0 Å². The number of amides is 1. The molecular weight excluding hydrogens is 276 g/mol. The van der Waals surface area contributed by atoms with Crippen molar-refractivity contribution in [2.75, 3.05) is 11.9 Å². The second-order valence-electron chi connectivity index (χ2n) is 5.06. The monoisotopic (exact) mass is 296 g/mol. The maximum atomic E-state index is 11.9. The summed E-state index contributed by atoms with van der Waals surface area (Å²) in [5, 5.41) is 5.86. The summed E-state index contributed by atoms with van der Waals surface area (Å²) in [5.41, 5.74) is 3.44. The molecule has 114 valence electrons. The summed E-state index contributed by atoms with van der Waals surface area (Å²) < 4.78 is 0. The molecule has 0 radical (unpaired) electrons. The fourth-order valence-electron chi connectivity index (χ4n) is 1.91. The number of nitrogens with zero attached hydrogens (tertiary/aromatic N) is 2. The number of hydrogen-bond donors (Lipinski definition) is 2. The zero-order valence-corrected chi connectivity index (χ0v) is 12.9. The first kappa shape index (κ1) is 15.7. The Bertz CT molecular complexity index is 665. The van der Waals surface area contributed by atoms with Gasteiger partial charge in [0.25, 0.3) is 5.91 Å². The van der Waals surface area contributed by atoms with E-state index in [4.69, 9.17) is 0 Å². The maximum absolute atomic E-state index is 11.9. The van der Waals surface area contributed by atoms with Crippen LogP contribution in [0.3, 0.4) is 0 Å². The topological polar surface area (TPSA) is 66.9 Å². The van der Waals surface area contributed by atoms with Crippen LogP contribution < -0.4 is 10.6 Å². The Morgan fingerprint density at radius 1 is 1.23 bits per heavy atom. The molecule has 22 heavy (non-hydrogen) atoms. The molecule has 0 saturated carbocycles. The lowest BCUT2D eigenvalue weighted by Crippen LogP contribution is -2.25. The predicted octanol–water partition coefficient (Wildman–Crippen LogP) is 2.62. The van der Waals surface area contributed by atoms with Crippen molar-refractivity contribution in [1.29, 1.82) is 0 Å². The van der Waals surface area contributed by atoms with Crippen molar-refractivity contribution < 1.29 is 4.79 Å². The van der Waals surface area contributed by atoms with Gasteiger partial charge in [0.2, 0.25) is 5.95 Å². The van der Waals surface area contributed by atoms with E-state index in [9.17, 15) is 4.79 Å². The minimum atomic E-state index is -0.233. The smallest absolute Gasteiger partial charge is 0.270 e. The molecule has 0 unspecified atom stereocenters. The van der Waals surface area contributed by atoms with Crippen LogP contribution in [0.1, 0.15) is 27.3 Å². The van der Waals surface area contributed by atoms with Crippen LogP contribution in [0.15, 0.2) is 43.0 Å². The molecule has 2 N–H and O–H groups in total. The van der Waals surface area contributed by atoms with Crippen molar-refractivity contribution in [1.82, 2.24) is 15.3 Å². The summed E-state index contributed by atoms with van der Waals surface area (Å²) in [7, 11) is 0. The third-order valence-corrected chi connectivity index (χ3v) is 3.07. The van der Waals surface area contributed by atoms with Crippen LogP contribution >= 0.6 is 0 Å². The van der Waals surface area contributed by atoms with Gasteiger partial charge in [0.05, 0.1) is 0 Å². The van der Waals surface area contributed by atoms with Gasteiger partial charge >= 0.3 is 0 Å². The number of aromatic nitrogens is 2. The number of carbonyl (C=O) groups excluding carboxylic acids is 1. The van der Waals surface area contributed by atoms with Gasteiger partial charge < -0.3 is 10.6 Å². The van der Waals surface area contributed by atoms with Crippen molar-refractivity contribution >= 4 is 11.9 Å². The minimum absolute atomic E-state index is 0.233. The zero-order valence-electron chi connectivity index (χ0n) is 12.9. The molecule has 0 aliphatic carbocycles. The molecule has 1 aromatic heterocycles. The Balaban J connectivity index is 2.07. The average molecular weight is 296 g/mol. The van der Waals surface area contributed by atoms with Gasteiger partial charge in [0, 0.05) is 18.8 Å². The summed E-state index contributed by atoms with van der Waals surface area (Å²) in [6.07, 6.45) is 1.63. The molecule has 0 aliphatic heterocycles. The zero-order chi connectivity index (χ0) is 15.9. The molecule has 0 atom stereocenters. The Labute approximate surface area is 130 Å². The number of carbonyl (C=O) groups is 1. The van der Waals surface area contributed by atoms with E-state index in [0.717, 1.165) is 11.3 Å². The fourth-order valence-corrected chi connectivity index (χ4v) is 1.91. The van der Waals surface area contributed by atoms with Gasteiger partial charge in [0.1, 0.15) is 5.69 Å². The highest BCUT2D eigenvalue weighted by atomic mass is 16.1. The van der Waals surface area contributed by atoms with Crippen molar-refractivity contribution in [2.45, 2.75) is 20.4 Å². The highest BCUT2D eigenvalue weighted by molar-refractivity contribution is 5.92. The number of nitrogens with one attached hydrogen (secondary N) is 2. The highest BCUT2D eigenvalue weighted by Crippen LogP contribution is 2.08. The third kappa shape index (κ3) is 4.41. The molecular formula is C17H20N4O. The molecule has 0 aliphatic rings. The van der Waals surface area contributed by atoms with E-state index in [1.165, 1.54) is 5.56 Å². The molecule has 5 heteroatoms. The standard InChI is InChI=1S/C17H20N4O/c1-4-9-18-16(22)15-10-13(3)20-17(21-15)19-11-14-7-5-12(2)6-8-14/h4-8,10H,1,9,11H2,2-3H3,(H,18,22)(H,19,20,21). The quantitative estimate of drug-likeness (QED) is 0.804. The molecule has 1 aromatic carbocycles. The molecule has 0 fully saturated rings. The molecule has 0 spiro atoms. The first-order chi connectivity index (χ1) is 10.6. The van der Waals surface area contributed by atoms with E-state index < -0.39 is 0 Å². The number of aryl methyl sites for hydroxylation is 2. The van der Waals surface area contributed by atoms with E-state index >= 15 is 0 Å². The molecule has 2 aromatic rings. The lowest BCUT2D eigenvalue weighted by atomic mass is 10.1. The van der Waals surface area contributed by atoms with E-state index in [1.807, 2.05) is 6.92 Å². The lowest BCUT2D eigenvalue weighted by Gasteiger charge is -2.08. The number of benzene rings is 1. The van der Waals surface area contributed by atoms with Gasteiger partial charge in [-0.05, 0) is 25.5 Å². The van der Waals surface area contributed by atoms with Gasteiger partial charge in [-0.2, -0.15) is 0 Å².